The van der Waals surface area contributed by atoms with Crippen LogP contribution in [0.3, 0.4) is 0 Å². The van der Waals surface area contributed by atoms with Crippen molar-refractivity contribution < 1.29 is 0 Å². The van der Waals surface area contributed by atoms with Crippen LogP contribution in [0.2, 0.25) is 0 Å². The van der Waals surface area contributed by atoms with Crippen molar-refractivity contribution in [1.29, 1.82) is 0 Å². The Hall–Kier alpha value is -1.68. The monoisotopic (exact) mass is 202 g/mol. The molecule has 15 heavy (non-hydrogen) atoms. The lowest BCUT2D eigenvalue weighted by atomic mass is 10.1. The van der Waals surface area contributed by atoms with E-state index in [1.807, 2.05) is 24.4 Å². The van der Waals surface area contributed by atoms with Crippen LogP contribution < -0.4 is 5.73 Å². The summed E-state index contributed by atoms with van der Waals surface area (Å²) in [5.74, 6) is 0. The smallest absolute Gasteiger partial charge is 0.0692 e. The molecule has 4 nitrogen and oxygen atoms in total. The molecular weight excluding hydrogens is 188 g/mol. The highest BCUT2D eigenvalue weighted by Crippen LogP contribution is 2.02. The first-order chi connectivity index (χ1) is 7.34. The third-order valence-electron chi connectivity index (χ3n) is 2.23. The Morgan fingerprint density at radius 3 is 2.73 bits per heavy atom. The number of hydrogen-bond acceptors (Lipinski definition) is 3. The van der Waals surface area contributed by atoms with Crippen molar-refractivity contribution in [2.45, 2.75) is 19.0 Å². The highest BCUT2D eigenvalue weighted by molar-refractivity contribution is 5.15. The lowest BCUT2D eigenvalue weighted by molar-refractivity contribution is 0.496. The molecule has 2 aromatic rings. The molecule has 1 aromatic heterocycles. The second kappa shape index (κ2) is 4.70. The average Bonchev–Trinajstić information content (AvgIpc) is 2.71. The number of aromatic nitrogens is 3. The standard InChI is InChI=1S/C11H14N4/c12-11(9-15-7-6-13-14-15)8-10-4-2-1-3-5-10/h1-7,11H,8-9,12H2/t11-/m1/s1. The predicted molar refractivity (Wildman–Crippen MR) is 58.1 cm³/mol. The second-order valence-corrected chi connectivity index (χ2v) is 3.57. The zero-order valence-corrected chi connectivity index (χ0v) is 8.45. The van der Waals surface area contributed by atoms with Gasteiger partial charge in [0.15, 0.2) is 0 Å². The Balaban J connectivity index is 1.90. The van der Waals surface area contributed by atoms with Gasteiger partial charge in [-0.25, -0.2) is 0 Å². The number of hydrogen-bond donors (Lipinski definition) is 1. The van der Waals surface area contributed by atoms with Gasteiger partial charge in [-0.3, -0.25) is 4.68 Å². The Bertz CT molecular complexity index is 382. The van der Waals surface area contributed by atoms with Gasteiger partial charge in [0.25, 0.3) is 0 Å². The molecule has 2 rings (SSSR count). The Morgan fingerprint density at radius 2 is 2.07 bits per heavy atom. The molecule has 0 saturated carbocycles. The molecule has 0 fully saturated rings. The van der Waals surface area contributed by atoms with Crippen molar-refractivity contribution in [3.05, 3.63) is 48.3 Å². The highest BCUT2D eigenvalue weighted by Gasteiger charge is 2.04. The third kappa shape index (κ3) is 2.89. The predicted octanol–water partition coefficient (Wildman–Crippen LogP) is 0.848. The first kappa shape index (κ1) is 9.86. The SMILES string of the molecule is N[C@H](Cc1ccccc1)Cn1ccnn1. The number of rotatable bonds is 4. The van der Waals surface area contributed by atoms with E-state index in [2.05, 4.69) is 22.4 Å². The molecule has 0 aliphatic rings. The molecule has 0 amide bonds. The minimum absolute atomic E-state index is 0.0779. The van der Waals surface area contributed by atoms with Crippen LogP contribution in [-0.2, 0) is 13.0 Å². The van der Waals surface area contributed by atoms with Crippen LogP contribution >= 0.6 is 0 Å². The van der Waals surface area contributed by atoms with Gasteiger partial charge in [0.1, 0.15) is 0 Å². The van der Waals surface area contributed by atoms with E-state index in [-0.39, 0.29) is 6.04 Å². The van der Waals surface area contributed by atoms with Crippen molar-refractivity contribution in [1.82, 2.24) is 15.0 Å². The molecular formula is C11H14N4. The van der Waals surface area contributed by atoms with Crippen LogP contribution in [0.15, 0.2) is 42.7 Å². The van der Waals surface area contributed by atoms with E-state index in [4.69, 9.17) is 5.73 Å². The van der Waals surface area contributed by atoms with E-state index < -0.39 is 0 Å². The largest absolute Gasteiger partial charge is 0.326 e. The fourth-order valence-electron chi connectivity index (χ4n) is 1.55. The first-order valence-electron chi connectivity index (χ1n) is 4.98. The lowest BCUT2D eigenvalue weighted by Crippen LogP contribution is -2.28. The average molecular weight is 202 g/mol. The fraction of sp³-hybridized carbons (Fsp3) is 0.273. The van der Waals surface area contributed by atoms with Crippen LogP contribution in [0.4, 0.5) is 0 Å². The van der Waals surface area contributed by atoms with Crippen molar-refractivity contribution in [3.8, 4) is 0 Å². The van der Waals surface area contributed by atoms with Gasteiger partial charge in [-0.05, 0) is 12.0 Å². The second-order valence-electron chi connectivity index (χ2n) is 3.57. The Kier molecular flexibility index (Phi) is 3.09. The summed E-state index contributed by atoms with van der Waals surface area (Å²) in [4.78, 5) is 0. The molecule has 2 N–H and O–H groups in total. The summed E-state index contributed by atoms with van der Waals surface area (Å²) in [5.41, 5.74) is 7.26. The minimum atomic E-state index is 0.0779. The summed E-state index contributed by atoms with van der Waals surface area (Å²) >= 11 is 0. The normalized spacial score (nSPS) is 12.6. The molecule has 0 unspecified atom stereocenters. The van der Waals surface area contributed by atoms with Crippen LogP contribution in [0.1, 0.15) is 5.56 Å². The lowest BCUT2D eigenvalue weighted by Gasteiger charge is -2.10. The van der Waals surface area contributed by atoms with Crippen molar-refractivity contribution in [2.24, 2.45) is 5.73 Å². The van der Waals surface area contributed by atoms with Crippen molar-refractivity contribution in [3.63, 3.8) is 0 Å². The van der Waals surface area contributed by atoms with E-state index in [1.165, 1.54) is 5.56 Å². The molecule has 0 aliphatic heterocycles. The van der Waals surface area contributed by atoms with Gasteiger partial charge < -0.3 is 5.73 Å². The van der Waals surface area contributed by atoms with E-state index in [1.54, 1.807) is 10.9 Å². The van der Waals surface area contributed by atoms with Gasteiger partial charge in [0, 0.05) is 12.2 Å². The van der Waals surface area contributed by atoms with E-state index >= 15 is 0 Å². The van der Waals surface area contributed by atoms with Gasteiger partial charge in [-0.15, -0.1) is 5.10 Å². The maximum atomic E-state index is 6.01. The van der Waals surface area contributed by atoms with Crippen LogP contribution in [0.5, 0.6) is 0 Å². The number of nitrogens with zero attached hydrogens (tertiary/aromatic N) is 3. The van der Waals surface area contributed by atoms with Crippen LogP contribution in [0, 0.1) is 0 Å². The summed E-state index contributed by atoms with van der Waals surface area (Å²) in [6.45, 7) is 0.703. The van der Waals surface area contributed by atoms with E-state index in [9.17, 15) is 0 Å². The number of nitrogens with two attached hydrogens (primary N) is 1. The highest BCUT2D eigenvalue weighted by atomic mass is 15.4. The molecule has 1 aromatic carbocycles. The molecule has 0 spiro atoms. The molecule has 78 valence electrons. The Morgan fingerprint density at radius 1 is 1.27 bits per heavy atom. The van der Waals surface area contributed by atoms with Gasteiger partial charge in [0.05, 0.1) is 12.7 Å². The zero-order valence-electron chi connectivity index (χ0n) is 8.45. The summed E-state index contributed by atoms with van der Waals surface area (Å²) in [6, 6.07) is 10.3. The van der Waals surface area contributed by atoms with Gasteiger partial charge >= 0.3 is 0 Å². The van der Waals surface area contributed by atoms with Gasteiger partial charge in [-0.2, -0.15) is 0 Å². The third-order valence-corrected chi connectivity index (χ3v) is 2.23. The van der Waals surface area contributed by atoms with Crippen molar-refractivity contribution >= 4 is 0 Å². The van der Waals surface area contributed by atoms with Gasteiger partial charge in [0.2, 0.25) is 0 Å². The molecule has 0 saturated heterocycles. The summed E-state index contributed by atoms with van der Waals surface area (Å²) in [7, 11) is 0. The van der Waals surface area contributed by atoms with Crippen LogP contribution in [-0.4, -0.2) is 21.0 Å². The number of benzene rings is 1. The molecule has 1 atom stereocenters. The summed E-state index contributed by atoms with van der Waals surface area (Å²) in [5, 5.41) is 7.62. The topological polar surface area (TPSA) is 56.7 Å². The van der Waals surface area contributed by atoms with Crippen molar-refractivity contribution in [2.75, 3.05) is 0 Å². The summed E-state index contributed by atoms with van der Waals surface area (Å²) < 4.78 is 1.76. The maximum absolute atomic E-state index is 6.01. The molecule has 4 heteroatoms. The van der Waals surface area contributed by atoms with E-state index in [0.717, 1.165) is 6.42 Å². The molecule has 1 heterocycles. The first-order valence-corrected chi connectivity index (χ1v) is 4.98. The molecule has 0 radical (unpaired) electrons. The Labute approximate surface area is 88.7 Å². The molecule has 0 bridgehead atoms. The molecule has 0 aliphatic carbocycles. The van der Waals surface area contributed by atoms with E-state index in [0.29, 0.717) is 6.54 Å². The zero-order chi connectivity index (χ0) is 10.5. The summed E-state index contributed by atoms with van der Waals surface area (Å²) in [6.07, 6.45) is 4.35. The maximum Gasteiger partial charge on any atom is 0.0692 e. The van der Waals surface area contributed by atoms with Crippen LogP contribution in [0.25, 0.3) is 0 Å². The minimum Gasteiger partial charge on any atom is -0.326 e. The quantitative estimate of drug-likeness (QED) is 0.799. The fourth-order valence-corrected chi connectivity index (χ4v) is 1.55. The van der Waals surface area contributed by atoms with Gasteiger partial charge in [-0.1, -0.05) is 35.5 Å².